The van der Waals surface area contributed by atoms with Crippen molar-refractivity contribution in [1.29, 1.82) is 0 Å². The lowest BCUT2D eigenvalue weighted by atomic mass is 9.88. The molecule has 1 N–H and O–H groups in total. The van der Waals surface area contributed by atoms with Crippen LogP contribution in [0, 0.1) is 11.6 Å². The van der Waals surface area contributed by atoms with Crippen LogP contribution < -0.4 is 4.72 Å². The van der Waals surface area contributed by atoms with Crippen LogP contribution in [-0.4, -0.2) is 27.5 Å². The third-order valence-corrected chi connectivity index (χ3v) is 5.09. The van der Waals surface area contributed by atoms with Crippen LogP contribution in [0.3, 0.4) is 0 Å². The van der Waals surface area contributed by atoms with E-state index in [9.17, 15) is 22.5 Å². The zero-order valence-corrected chi connectivity index (χ0v) is 16.7. The monoisotopic (exact) mass is 393 g/mol. The second kappa shape index (κ2) is 8.19. The molecule has 8 heteroatoms. The predicted octanol–water partition coefficient (Wildman–Crippen LogP) is 3.91. The van der Waals surface area contributed by atoms with Gasteiger partial charge >= 0.3 is 5.97 Å². The van der Waals surface area contributed by atoms with Gasteiger partial charge in [0.15, 0.2) is 11.6 Å². The Balaban J connectivity index is 3.38. The maximum absolute atomic E-state index is 14.4. The average Bonchev–Trinajstić information content (AvgIpc) is 2.46. The zero-order valence-electron chi connectivity index (χ0n) is 15.9. The molecule has 0 spiro atoms. The van der Waals surface area contributed by atoms with Gasteiger partial charge in [0.2, 0.25) is 0 Å². The molecule has 1 aromatic carbocycles. The van der Waals surface area contributed by atoms with Gasteiger partial charge in [-0.15, -0.1) is 4.72 Å². The lowest BCUT2D eigenvalue weighted by Crippen LogP contribution is -2.54. The summed E-state index contributed by atoms with van der Waals surface area (Å²) in [7, 11) is 0. The molecule has 0 aromatic heterocycles. The number of hydrogen-bond donors (Lipinski definition) is 1. The summed E-state index contributed by atoms with van der Waals surface area (Å²) in [5.74, 6) is -3.31. The number of carbonyl (C=O) groups excluding carboxylic acids is 1. The molecule has 0 saturated heterocycles. The maximum Gasteiger partial charge on any atom is 0.308 e. The summed E-state index contributed by atoms with van der Waals surface area (Å²) in [6.45, 7) is 8.51. The van der Waals surface area contributed by atoms with Crippen LogP contribution in [0.4, 0.5) is 13.2 Å². The Morgan fingerprint density at radius 2 is 1.77 bits per heavy atom. The van der Waals surface area contributed by atoms with Crippen LogP contribution in [0.15, 0.2) is 18.2 Å². The van der Waals surface area contributed by atoms with E-state index >= 15 is 0 Å². The normalized spacial score (nSPS) is 16.1. The second-order valence-corrected chi connectivity index (χ2v) is 10.0. The number of halogens is 3. The van der Waals surface area contributed by atoms with Crippen LogP contribution in [0.1, 0.15) is 53.5 Å². The lowest BCUT2D eigenvalue weighted by Gasteiger charge is -2.36. The van der Waals surface area contributed by atoms with Gasteiger partial charge in [0, 0.05) is 16.9 Å². The summed E-state index contributed by atoms with van der Waals surface area (Å²) in [5.41, 5.74) is -3.28. The van der Waals surface area contributed by atoms with E-state index in [0.29, 0.717) is 0 Å². The fourth-order valence-electron chi connectivity index (χ4n) is 2.16. The van der Waals surface area contributed by atoms with Crippen LogP contribution in [-0.2, 0) is 26.4 Å². The van der Waals surface area contributed by atoms with E-state index in [4.69, 9.17) is 4.74 Å². The fourth-order valence-corrected chi connectivity index (χ4v) is 3.06. The molecule has 1 rings (SSSR count). The summed E-state index contributed by atoms with van der Waals surface area (Å²) < 4.78 is 61.7. The zero-order chi connectivity index (χ0) is 20.3. The number of rotatable bonds is 6. The van der Waals surface area contributed by atoms with Crippen molar-refractivity contribution in [3.05, 3.63) is 35.4 Å². The van der Waals surface area contributed by atoms with E-state index in [1.807, 2.05) is 0 Å². The first kappa shape index (κ1) is 22.8. The number of ether oxygens (including phenoxy) is 1. The lowest BCUT2D eigenvalue weighted by molar-refractivity contribution is -0.156. The summed E-state index contributed by atoms with van der Waals surface area (Å²) in [4.78, 5) is 12.3. The molecule has 26 heavy (non-hydrogen) atoms. The van der Waals surface area contributed by atoms with E-state index < -0.39 is 63.5 Å². The molecule has 148 valence electrons. The van der Waals surface area contributed by atoms with Gasteiger partial charge in [-0.05, 0) is 47.6 Å². The Kier molecular flexibility index (Phi) is 7.18. The first-order chi connectivity index (χ1) is 11.7. The number of carbonyl (C=O) groups is 1. The number of alkyl halides is 1. The Morgan fingerprint density at radius 1 is 1.19 bits per heavy atom. The molecule has 0 saturated carbocycles. The highest BCUT2D eigenvalue weighted by molar-refractivity contribution is 7.90. The molecule has 0 fully saturated rings. The maximum atomic E-state index is 14.4. The van der Waals surface area contributed by atoms with E-state index in [2.05, 4.69) is 4.72 Å². The molecule has 0 aliphatic carbocycles. The van der Waals surface area contributed by atoms with Crippen LogP contribution in [0.25, 0.3) is 0 Å². The molecule has 0 amide bonds. The van der Waals surface area contributed by atoms with Gasteiger partial charge < -0.3 is 9.29 Å². The van der Waals surface area contributed by atoms with E-state index in [0.717, 1.165) is 12.1 Å². The number of benzene rings is 1. The summed E-state index contributed by atoms with van der Waals surface area (Å²) in [5, 5.41) is 0. The molecule has 0 bridgehead atoms. The van der Waals surface area contributed by atoms with Crippen molar-refractivity contribution in [3.63, 3.8) is 0 Å². The first-order valence-corrected chi connectivity index (χ1v) is 9.29. The largest absolute Gasteiger partial charge is 0.598 e. The van der Waals surface area contributed by atoms with Crippen molar-refractivity contribution in [1.82, 2.24) is 4.72 Å². The van der Waals surface area contributed by atoms with Crippen LogP contribution >= 0.6 is 0 Å². The van der Waals surface area contributed by atoms with E-state index in [1.54, 1.807) is 41.5 Å². The molecule has 1 aromatic rings. The van der Waals surface area contributed by atoms with E-state index in [-0.39, 0.29) is 0 Å². The minimum absolute atomic E-state index is 0.413. The van der Waals surface area contributed by atoms with Gasteiger partial charge in [-0.25, -0.2) is 13.2 Å². The van der Waals surface area contributed by atoms with Crippen molar-refractivity contribution < 1.29 is 27.3 Å². The van der Waals surface area contributed by atoms with Crippen molar-refractivity contribution in [3.8, 4) is 0 Å². The highest BCUT2D eigenvalue weighted by Gasteiger charge is 2.45. The molecule has 0 radical (unpaired) electrons. The number of esters is 1. The quantitative estimate of drug-likeness (QED) is 0.588. The van der Waals surface area contributed by atoms with Gasteiger partial charge in [0.25, 0.3) is 0 Å². The Bertz CT molecular complexity index is 644. The van der Waals surface area contributed by atoms with Gasteiger partial charge in [0.05, 0.1) is 6.42 Å². The Morgan fingerprint density at radius 3 is 2.23 bits per heavy atom. The molecule has 2 atom stereocenters. The summed E-state index contributed by atoms with van der Waals surface area (Å²) in [6.07, 6.45) is -0.650. The van der Waals surface area contributed by atoms with Crippen molar-refractivity contribution in [2.75, 3.05) is 6.67 Å². The topological polar surface area (TPSA) is 61.4 Å². The number of nitrogens with one attached hydrogen (secondary N) is 1. The first-order valence-electron chi connectivity index (χ1n) is 8.14. The highest BCUT2D eigenvalue weighted by atomic mass is 32.2. The van der Waals surface area contributed by atoms with E-state index in [1.165, 1.54) is 6.07 Å². The molecule has 1 unspecified atom stereocenters. The SMILES string of the molecule is CC(C)(C)OC(=O)C[C@](CF)(N[S+]([O-])C(C)(C)C)c1cccc(F)c1F. The van der Waals surface area contributed by atoms with Crippen molar-refractivity contribution in [2.24, 2.45) is 0 Å². The molecule has 0 aliphatic heterocycles. The Hall–Kier alpha value is -1.25. The Labute approximate surface area is 155 Å². The minimum atomic E-state index is -2.02. The van der Waals surface area contributed by atoms with Crippen molar-refractivity contribution in [2.45, 2.75) is 63.9 Å². The molecular formula is C18H26F3NO3S. The average molecular weight is 393 g/mol. The van der Waals surface area contributed by atoms with Gasteiger partial charge in [-0.1, -0.05) is 12.1 Å². The van der Waals surface area contributed by atoms with Gasteiger partial charge in [0.1, 0.15) is 22.6 Å². The molecule has 0 aliphatic rings. The third kappa shape index (κ3) is 5.89. The third-order valence-electron chi connectivity index (χ3n) is 3.41. The van der Waals surface area contributed by atoms with Crippen LogP contribution in [0.2, 0.25) is 0 Å². The highest BCUT2D eigenvalue weighted by Crippen LogP contribution is 2.33. The van der Waals surface area contributed by atoms with Crippen molar-refractivity contribution >= 4 is 17.3 Å². The standard InChI is InChI=1S/C18H26F3NO3S/c1-16(2,3)25-14(23)10-18(11-19,22-26(24)17(4,5)6)12-8-7-9-13(20)15(12)21/h7-9,22H,10-11H2,1-6H3/t18-,26?/m1/s1. The molecule has 0 heterocycles. The van der Waals surface area contributed by atoms with Crippen LogP contribution in [0.5, 0.6) is 0 Å². The summed E-state index contributed by atoms with van der Waals surface area (Å²) >= 11 is -1.85. The summed E-state index contributed by atoms with van der Waals surface area (Å²) in [6, 6.07) is 3.25. The fraction of sp³-hybridized carbons (Fsp3) is 0.611. The predicted molar refractivity (Wildman–Crippen MR) is 95.5 cm³/mol. The smallest absolute Gasteiger partial charge is 0.308 e. The number of hydrogen-bond acceptors (Lipinski definition) is 4. The van der Waals surface area contributed by atoms with Gasteiger partial charge in [-0.3, -0.25) is 4.79 Å². The minimum Gasteiger partial charge on any atom is -0.598 e. The molecular weight excluding hydrogens is 367 g/mol. The molecule has 4 nitrogen and oxygen atoms in total. The second-order valence-electron chi connectivity index (χ2n) is 8.06. The van der Waals surface area contributed by atoms with Gasteiger partial charge in [-0.2, -0.15) is 0 Å².